The van der Waals surface area contributed by atoms with Gasteiger partial charge in [0.1, 0.15) is 5.82 Å². The van der Waals surface area contributed by atoms with E-state index in [1.54, 1.807) is 6.07 Å². The Hall–Kier alpha value is -1.11. The van der Waals surface area contributed by atoms with Gasteiger partial charge in [-0.15, -0.1) is 0 Å². The maximum Gasteiger partial charge on any atom is 0.127 e. The first-order chi connectivity index (χ1) is 10.1. The summed E-state index contributed by atoms with van der Waals surface area (Å²) in [5.41, 5.74) is 3.40. The molecule has 0 radical (unpaired) electrons. The van der Waals surface area contributed by atoms with Crippen molar-refractivity contribution in [1.82, 2.24) is 0 Å². The number of allylic oxidation sites excluding steroid dienone is 2. The molecule has 0 amide bonds. The molecule has 1 fully saturated rings. The van der Waals surface area contributed by atoms with Crippen molar-refractivity contribution >= 4 is 5.57 Å². The summed E-state index contributed by atoms with van der Waals surface area (Å²) in [6.45, 7) is 4.60. The summed E-state index contributed by atoms with van der Waals surface area (Å²) in [4.78, 5) is 0. The van der Waals surface area contributed by atoms with Crippen LogP contribution in [0.25, 0.3) is 5.57 Å². The molecule has 2 aliphatic carbocycles. The number of halogens is 1. The van der Waals surface area contributed by atoms with E-state index in [1.165, 1.54) is 24.8 Å². The van der Waals surface area contributed by atoms with Crippen LogP contribution in [0.2, 0.25) is 0 Å². The Kier molecular flexibility index (Phi) is 4.47. The van der Waals surface area contributed by atoms with E-state index in [0.717, 1.165) is 48.6 Å². The molecule has 3 rings (SSSR count). The molecule has 0 spiro atoms. The van der Waals surface area contributed by atoms with E-state index >= 15 is 0 Å². The molecule has 1 aromatic carbocycles. The van der Waals surface area contributed by atoms with Crippen molar-refractivity contribution in [2.75, 3.05) is 0 Å². The summed E-state index contributed by atoms with van der Waals surface area (Å²) in [6.07, 6.45) is 10.6. The van der Waals surface area contributed by atoms with Gasteiger partial charge >= 0.3 is 0 Å². The molecule has 1 saturated carbocycles. The molecule has 0 nitrogen and oxygen atoms in total. The van der Waals surface area contributed by atoms with Gasteiger partial charge in [-0.05, 0) is 72.6 Å². The van der Waals surface area contributed by atoms with Crippen molar-refractivity contribution in [1.29, 1.82) is 0 Å². The minimum absolute atomic E-state index is 0.0200. The molecule has 21 heavy (non-hydrogen) atoms. The third-order valence-electron chi connectivity index (χ3n) is 5.50. The maximum absolute atomic E-state index is 14.5. The molecular formula is C20H27F. The van der Waals surface area contributed by atoms with Crippen LogP contribution in [-0.4, -0.2) is 0 Å². The highest BCUT2D eigenvalue weighted by molar-refractivity contribution is 5.66. The van der Waals surface area contributed by atoms with E-state index in [1.807, 2.05) is 0 Å². The second-order valence-corrected chi connectivity index (χ2v) is 7.30. The number of rotatable bonds is 2. The Balaban J connectivity index is 1.77. The van der Waals surface area contributed by atoms with Gasteiger partial charge in [0.25, 0.3) is 0 Å². The zero-order chi connectivity index (χ0) is 14.8. The number of benzene rings is 1. The Morgan fingerprint density at radius 2 is 1.71 bits per heavy atom. The fourth-order valence-electron chi connectivity index (χ4n) is 3.86. The second-order valence-electron chi connectivity index (χ2n) is 7.30. The fraction of sp³-hybridized carbons (Fsp3) is 0.600. The summed E-state index contributed by atoms with van der Waals surface area (Å²) in [5, 5.41) is 0. The Bertz CT molecular complexity index is 521. The zero-order valence-corrected chi connectivity index (χ0v) is 13.4. The normalized spacial score (nSPS) is 30.0. The van der Waals surface area contributed by atoms with Gasteiger partial charge in [0.15, 0.2) is 0 Å². The Morgan fingerprint density at radius 1 is 0.952 bits per heavy atom. The van der Waals surface area contributed by atoms with E-state index in [9.17, 15) is 4.39 Å². The van der Waals surface area contributed by atoms with Crippen LogP contribution in [0, 0.1) is 17.7 Å². The van der Waals surface area contributed by atoms with Crippen LogP contribution < -0.4 is 0 Å². The number of hydrogen-bond acceptors (Lipinski definition) is 0. The van der Waals surface area contributed by atoms with Crippen LogP contribution in [0.5, 0.6) is 0 Å². The molecule has 0 bridgehead atoms. The molecular weight excluding hydrogens is 259 g/mol. The highest BCUT2D eigenvalue weighted by Crippen LogP contribution is 2.38. The SMILES string of the molecule is CC1CC=C(c2ccc(C3CCC(C)CC3)c(F)c2)CC1. The predicted molar refractivity (Wildman–Crippen MR) is 87.8 cm³/mol. The van der Waals surface area contributed by atoms with Gasteiger partial charge in [0, 0.05) is 0 Å². The van der Waals surface area contributed by atoms with Crippen molar-refractivity contribution in [2.45, 2.75) is 64.7 Å². The van der Waals surface area contributed by atoms with Crippen molar-refractivity contribution in [3.05, 3.63) is 41.2 Å². The van der Waals surface area contributed by atoms with E-state index in [0.29, 0.717) is 5.92 Å². The van der Waals surface area contributed by atoms with Crippen LogP contribution in [0.1, 0.15) is 75.8 Å². The third-order valence-corrected chi connectivity index (χ3v) is 5.50. The largest absolute Gasteiger partial charge is 0.207 e. The van der Waals surface area contributed by atoms with E-state index in [-0.39, 0.29) is 5.82 Å². The average molecular weight is 286 g/mol. The third kappa shape index (κ3) is 3.39. The first-order valence-corrected chi connectivity index (χ1v) is 8.62. The lowest BCUT2D eigenvalue weighted by Crippen LogP contribution is -2.12. The summed E-state index contributed by atoms with van der Waals surface area (Å²) >= 11 is 0. The van der Waals surface area contributed by atoms with Crippen molar-refractivity contribution in [3.63, 3.8) is 0 Å². The van der Waals surface area contributed by atoms with Crippen LogP contribution >= 0.6 is 0 Å². The van der Waals surface area contributed by atoms with Crippen molar-refractivity contribution in [2.24, 2.45) is 11.8 Å². The first kappa shape index (κ1) is 14.8. The molecule has 0 N–H and O–H groups in total. The van der Waals surface area contributed by atoms with E-state index in [4.69, 9.17) is 0 Å². The lowest BCUT2D eigenvalue weighted by atomic mass is 9.79. The quantitative estimate of drug-likeness (QED) is 0.596. The Labute approximate surface area is 128 Å². The van der Waals surface area contributed by atoms with Gasteiger partial charge in [-0.1, -0.05) is 44.9 Å². The predicted octanol–water partition coefficient (Wildman–Crippen LogP) is 6.32. The second kappa shape index (κ2) is 6.34. The van der Waals surface area contributed by atoms with Gasteiger partial charge in [0.05, 0.1) is 0 Å². The van der Waals surface area contributed by atoms with Crippen LogP contribution in [-0.2, 0) is 0 Å². The molecule has 1 aromatic rings. The molecule has 2 aliphatic rings. The summed E-state index contributed by atoms with van der Waals surface area (Å²) in [7, 11) is 0. The highest BCUT2D eigenvalue weighted by atomic mass is 19.1. The average Bonchev–Trinajstić information content (AvgIpc) is 2.49. The van der Waals surface area contributed by atoms with Gasteiger partial charge in [-0.3, -0.25) is 0 Å². The smallest absolute Gasteiger partial charge is 0.127 e. The Morgan fingerprint density at radius 3 is 2.33 bits per heavy atom. The fourth-order valence-corrected chi connectivity index (χ4v) is 3.86. The van der Waals surface area contributed by atoms with E-state index < -0.39 is 0 Å². The van der Waals surface area contributed by atoms with Gasteiger partial charge in [0.2, 0.25) is 0 Å². The van der Waals surface area contributed by atoms with Gasteiger partial charge < -0.3 is 0 Å². The summed E-state index contributed by atoms with van der Waals surface area (Å²) in [5.74, 6) is 2.06. The molecule has 1 atom stereocenters. The molecule has 1 heteroatoms. The van der Waals surface area contributed by atoms with Gasteiger partial charge in [-0.2, -0.15) is 0 Å². The maximum atomic E-state index is 14.5. The minimum atomic E-state index is 0.0200. The van der Waals surface area contributed by atoms with Crippen LogP contribution in [0.15, 0.2) is 24.3 Å². The number of hydrogen-bond donors (Lipinski definition) is 0. The van der Waals surface area contributed by atoms with Crippen molar-refractivity contribution in [3.8, 4) is 0 Å². The molecule has 0 aliphatic heterocycles. The summed E-state index contributed by atoms with van der Waals surface area (Å²) < 4.78 is 14.5. The highest BCUT2D eigenvalue weighted by Gasteiger charge is 2.22. The van der Waals surface area contributed by atoms with Crippen LogP contribution in [0.3, 0.4) is 0 Å². The van der Waals surface area contributed by atoms with Crippen molar-refractivity contribution < 1.29 is 4.39 Å². The lowest BCUT2D eigenvalue weighted by Gasteiger charge is -2.27. The standard InChI is InChI=1S/C20H27F/c1-14-3-7-16(8-4-14)18-11-12-19(20(21)13-18)17-9-5-15(2)6-10-17/h7,11-15,17H,3-6,8-10H2,1-2H3. The molecule has 0 saturated heterocycles. The molecule has 1 unspecified atom stereocenters. The lowest BCUT2D eigenvalue weighted by molar-refractivity contribution is 0.342. The molecule has 114 valence electrons. The summed E-state index contributed by atoms with van der Waals surface area (Å²) in [6, 6.07) is 6.00. The van der Waals surface area contributed by atoms with Crippen LogP contribution in [0.4, 0.5) is 4.39 Å². The molecule has 0 heterocycles. The first-order valence-electron chi connectivity index (χ1n) is 8.62. The van der Waals surface area contributed by atoms with E-state index in [2.05, 4.69) is 32.1 Å². The minimum Gasteiger partial charge on any atom is -0.207 e. The molecule has 0 aromatic heterocycles. The van der Waals surface area contributed by atoms with Gasteiger partial charge in [-0.25, -0.2) is 4.39 Å². The zero-order valence-electron chi connectivity index (χ0n) is 13.4. The monoisotopic (exact) mass is 286 g/mol. The topological polar surface area (TPSA) is 0 Å².